The van der Waals surface area contributed by atoms with E-state index in [4.69, 9.17) is 0 Å². The van der Waals surface area contributed by atoms with Crippen LogP contribution in [0.4, 0.5) is 5.69 Å². The van der Waals surface area contributed by atoms with Gasteiger partial charge in [0, 0.05) is 16.1 Å². The first-order chi connectivity index (χ1) is 11.5. The van der Waals surface area contributed by atoms with Crippen LogP contribution in [0.3, 0.4) is 0 Å². The molecular formula is C16H9BrN4O3. The average Bonchev–Trinajstić information content (AvgIpc) is 2.98. The van der Waals surface area contributed by atoms with Gasteiger partial charge in [0.15, 0.2) is 0 Å². The molecule has 2 aromatic carbocycles. The first kappa shape index (κ1) is 15.7. The quantitative estimate of drug-likeness (QED) is 0.402. The van der Waals surface area contributed by atoms with Gasteiger partial charge in [-0.1, -0.05) is 28.1 Å². The summed E-state index contributed by atoms with van der Waals surface area (Å²) in [7, 11) is 0. The number of para-hydroxylation sites is 2. The molecule has 0 aliphatic rings. The van der Waals surface area contributed by atoms with Crippen molar-refractivity contribution in [2.45, 2.75) is 0 Å². The minimum Gasteiger partial charge on any atom is -0.502 e. The van der Waals surface area contributed by atoms with Crippen LogP contribution in [0.15, 0.2) is 40.9 Å². The van der Waals surface area contributed by atoms with Crippen molar-refractivity contribution in [1.29, 1.82) is 5.26 Å². The Balaban J connectivity index is 2.15. The number of nitro benzene ring substituents is 1. The van der Waals surface area contributed by atoms with E-state index in [1.54, 1.807) is 6.07 Å². The number of nitro groups is 1. The van der Waals surface area contributed by atoms with Crippen molar-refractivity contribution in [3.63, 3.8) is 0 Å². The Labute approximate surface area is 144 Å². The third-order valence-corrected chi connectivity index (χ3v) is 3.80. The van der Waals surface area contributed by atoms with Crippen LogP contribution in [-0.2, 0) is 0 Å². The molecule has 0 aliphatic carbocycles. The zero-order valence-electron chi connectivity index (χ0n) is 12.0. The number of phenols is 1. The van der Waals surface area contributed by atoms with E-state index in [-0.39, 0.29) is 11.1 Å². The molecule has 118 valence electrons. The van der Waals surface area contributed by atoms with Crippen LogP contribution in [0, 0.1) is 21.4 Å². The lowest BCUT2D eigenvalue weighted by Crippen LogP contribution is -1.91. The van der Waals surface area contributed by atoms with E-state index in [2.05, 4.69) is 25.9 Å². The molecule has 0 saturated heterocycles. The molecule has 8 heteroatoms. The maximum Gasteiger partial charge on any atom is 0.312 e. The van der Waals surface area contributed by atoms with Gasteiger partial charge in [0.2, 0.25) is 5.75 Å². The Morgan fingerprint density at radius 2 is 2.17 bits per heavy atom. The highest BCUT2D eigenvalue weighted by Crippen LogP contribution is 2.35. The van der Waals surface area contributed by atoms with Crippen molar-refractivity contribution in [2.75, 3.05) is 0 Å². The number of benzene rings is 2. The Morgan fingerprint density at radius 3 is 2.83 bits per heavy atom. The molecule has 0 aliphatic heterocycles. The van der Waals surface area contributed by atoms with Crippen LogP contribution in [0.2, 0.25) is 0 Å². The largest absolute Gasteiger partial charge is 0.502 e. The lowest BCUT2D eigenvalue weighted by atomic mass is 10.1. The van der Waals surface area contributed by atoms with Gasteiger partial charge in [-0.15, -0.1) is 0 Å². The van der Waals surface area contributed by atoms with Gasteiger partial charge in [0.25, 0.3) is 0 Å². The summed E-state index contributed by atoms with van der Waals surface area (Å²) in [6, 6.07) is 12.0. The van der Waals surface area contributed by atoms with Gasteiger partial charge in [0.1, 0.15) is 11.9 Å². The molecule has 1 aromatic heterocycles. The number of H-pyrrole nitrogens is 1. The molecule has 24 heavy (non-hydrogen) atoms. The summed E-state index contributed by atoms with van der Waals surface area (Å²) in [5, 5.41) is 30.5. The minimum absolute atomic E-state index is 0.146. The van der Waals surface area contributed by atoms with E-state index in [0.717, 1.165) is 5.52 Å². The molecule has 3 rings (SSSR count). The second kappa shape index (κ2) is 6.14. The molecule has 0 radical (unpaired) electrons. The van der Waals surface area contributed by atoms with Gasteiger partial charge < -0.3 is 10.1 Å². The van der Waals surface area contributed by atoms with E-state index in [1.807, 2.05) is 24.3 Å². The standard InChI is InChI=1S/C16H9BrN4O3/c17-11-6-9(15(22)14(7-11)21(23)24)5-10(8-18)16-19-12-3-1-2-4-13(12)20-16/h1-7,22H,(H,19,20). The van der Waals surface area contributed by atoms with Gasteiger partial charge in [-0.3, -0.25) is 10.1 Å². The van der Waals surface area contributed by atoms with Crippen LogP contribution in [-0.4, -0.2) is 20.0 Å². The fraction of sp³-hybridized carbons (Fsp3) is 0. The first-order valence-corrected chi connectivity index (χ1v) is 7.52. The fourth-order valence-electron chi connectivity index (χ4n) is 2.24. The number of hydrogen-bond donors (Lipinski definition) is 2. The van der Waals surface area contributed by atoms with Crippen LogP contribution in [0.1, 0.15) is 11.4 Å². The lowest BCUT2D eigenvalue weighted by molar-refractivity contribution is -0.385. The molecule has 0 saturated carbocycles. The van der Waals surface area contributed by atoms with Gasteiger partial charge in [0.05, 0.1) is 21.5 Å². The van der Waals surface area contributed by atoms with Gasteiger partial charge in [-0.25, -0.2) is 4.98 Å². The number of aromatic amines is 1. The van der Waals surface area contributed by atoms with E-state index >= 15 is 0 Å². The minimum atomic E-state index is -0.690. The number of aromatic hydroxyl groups is 1. The zero-order valence-corrected chi connectivity index (χ0v) is 13.6. The van der Waals surface area contributed by atoms with Crippen LogP contribution in [0.5, 0.6) is 5.75 Å². The molecule has 0 amide bonds. The normalized spacial score (nSPS) is 11.4. The fourth-order valence-corrected chi connectivity index (χ4v) is 2.71. The SMILES string of the molecule is N#CC(=Cc1cc(Br)cc([N+](=O)[O-])c1O)c1nc2ccccc2[nH]1. The zero-order chi connectivity index (χ0) is 17.3. The number of imidazole rings is 1. The van der Waals surface area contributed by atoms with Crippen molar-refractivity contribution in [3.8, 4) is 11.8 Å². The maximum absolute atomic E-state index is 11.0. The number of aromatic nitrogens is 2. The molecule has 0 fully saturated rings. The lowest BCUT2D eigenvalue weighted by Gasteiger charge is -2.02. The number of fused-ring (bicyclic) bond motifs is 1. The predicted molar refractivity (Wildman–Crippen MR) is 92.0 cm³/mol. The number of allylic oxidation sites excluding steroid dienone is 1. The number of nitriles is 1. The summed E-state index contributed by atoms with van der Waals surface area (Å²) in [4.78, 5) is 17.6. The third-order valence-electron chi connectivity index (χ3n) is 3.35. The topological polar surface area (TPSA) is 116 Å². The molecule has 0 atom stereocenters. The van der Waals surface area contributed by atoms with Gasteiger partial charge in [-0.05, 0) is 24.3 Å². The maximum atomic E-state index is 11.0. The second-order valence-electron chi connectivity index (χ2n) is 4.89. The second-order valence-corrected chi connectivity index (χ2v) is 5.81. The molecule has 0 unspecified atom stereocenters. The number of rotatable bonds is 3. The Bertz CT molecular complexity index is 1000. The number of halogens is 1. The summed E-state index contributed by atoms with van der Waals surface area (Å²) in [5.74, 6) is -0.187. The highest BCUT2D eigenvalue weighted by atomic mass is 79.9. The van der Waals surface area contributed by atoms with Gasteiger partial charge >= 0.3 is 5.69 Å². The van der Waals surface area contributed by atoms with Crippen molar-refractivity contribution in [2.24, 2.45) is 0 Å². The van der Waals surface area contributed by atoms with Crippen molar-refractivity contribution < 1.29 is 10.0 Å². The average molecular weight is 385 g/mol. The van der Waals surface area contributed by atoms with Crippen LogP contribution >= 0.6 is 15.9 Å². The Hall–Kier alpha value is -3.18. The summed E-state index contributed by atoms with van der Waals surface area (Å²) >= 11 is 3.16. The van der Waals surface area contributed by atoms with E-state index in [0.29, 0.717) is 15.8 Å². The van der Waals surface area contributed by atoms with E-state index in [1.165, 1.54) is 18.2 Å². The summed E-state index contributed by atoms with van der Waals surface area (Å²) in [5.41, 5.74) is 1.30. The van der Waals surface area contributed by atoms with Gasteiger partial charge in [-0.2, -0.15) is 5.26 Å². The molecular weight excluding hydrogens is 376 g/mol. The monoisotopic (exact) mass is 384 g/mol. The number of hydrogen-bond acceptors (Lipinski definition) is 5. The highest BCUT2D eigenvalue weighted by Gasteiger charge is 2.18. The van der Waals surface area contributed by atoms with Crippen molar-refractivity contribution in [3.05, 3.63) is 62.4 Å². The first-order valence-electron chi connectivity index (χ1n) is 6.73. The Morgan fingerprint density at radius 1 is 1.42 bits per heavy atom. The third kappa shape index (κ3) is 2.85. The molecule has 0 spiro atoms. The predicted octanol–water partition coefficient (Wildman–Crippen LogP) is 4.00. The molecule has 1 heterocycles. The summed E-state index contributed by atoms with van der Waals surface area (Å²) in [6.07, 6.45) is 1.35. The van der Waals surface area contributed by atoms with Crippen LogP contribution in [0.25, 0.3) is 22.7 Å². The number of nitrogens with one attached hydrogen (secondary N) is 1. The molecule has 7 nitrogen and oxygen atoms in total. The Kier molecular flexibility index (Phi) is 4.02. The molecule has 0 bridgehead atoms. The van der Waals surface area contributed by atoms with Crippen molar-refractivity contribution in [1.82, 2.24) is 9.97 Å². The number of phenolic OH excluding ortho intramolecular Hbond substituents is 1. The van der Waals surface area contributed by atoms with Crippen LogP contribution < -0.4 is 0 Å². The summed E-state index contributed by atoms with van der Waals surface area (Å²) in [6.45, 7) is 0. The highest BCUT2D eigenvalue weighted by molar-refractivity contribution is 9.10. The summed E-state index contributed by atoms with van der Waals surface area (Å²) < 4.78 is 0.417. The smallest absolute Gasteiger partial charge is 0.312 e. The van der Waals surface area contributed by atoms with Crippen molar-refractivity contribution >= 4 is 44.3 Å². The molecule has 3 aromatic rings. The van der Waals surface area contributed by atoms with E-state index < -0.39 is 16.4 Å². The molecule has 2 N–H and O–H groups in total. The van der Waals surface area contributed by atoms with E-state index in [9.17, 15) is 20.5 Å². The number of nitrogens with zero attached hydrogens (tertiary/aromatic N) is 3.